The van der Waals surface area contributed by atoms with Crippen molar-refractivity contribution in [3.05, 3.63) is 16.1 Å². The highest BCUT2D eigenvalue weighted by molar-refractivity contribution is 7.09. The molecule has 2 rings (SSSR count). The number of hydrogen-bond acceptors (Lipinski definition) is 4. The van der Waals surface area contributed by atoms with Gasteiger partial charge in [0.2, 0.25) is 0 Å². The Kier molecular flexibility index (Phi) is 4.32. The zero-order valence-corrected chi connectivity index (χ0v) is 10.8. The van der Waals surface area contributed by atoms with Crippen LogP contribution in [0, 0.1) is 12.8 Å². The number of nitrogens with one attached hydrogen (secondary N) is 1. The molecule has 1 aromatic rings. The molecule has 90 valence electrons. The van der Waals surface area contributed by atoms with E-state index in [9.17, 15) is 0 Å². The monoisotopic (exact) mass is 240 g/mol. The molecule has 0 saturated carbocycles. The van der Waals surface area contributed by atoms with Crippen molar-refractivity contribution in [2.45, 2.75) is 32.7 Å². The molecule has 2 unspecified atom stereocenters. The van der Waals surface area contributed by atoms with E-state index in [1.54, 1.807) is 11.3 Å². The van der Waals surface area contributed by atoms with E-state index in [1.807, 2.05) is 0 Å². The lowest BCUT2D eigenvalue weighted by atomic mass is 9.93. The molecule has 1 aliphatic heterocycles. The first kappa shape index (κ1) is 12.0. The summed E-state index contributed by atoms with van der Waals surface area (Å²) >= 11 is 1.77. The summed E-state index contributed by atoms with van der Waals surface area (Å²) in [6.45, 7) is 7.03. The minimum absolute atomic E-state index is 0.583. The van der Waals surface area contributed by atoms with Gasteiger partial charge in [-0.15, -0.1) is 11.3 Å². The molecule has 1 aromatic heterocycles. The molecule has 0 bridgehead atoms. The van der Waals surface area contributed by atoms with Crippen molar-refractivity contribution in [3.8, 4) is 0 Å². The number of aromatic nitrogens is 1. The zero-order valence-electron chi connectivity index (χ0n) is 10.0. The fourth-order valence-corrected chi connectivity index (χ4v) is 3.12. The largest absolute Gasteiger partial charge is 0.381 e. The van der Waals surface area contributed by atoms with Gasteiger partial charge in [-0.1, -0.05) is 6.92 Å². The number of hydrogen-bond donors (Lipinski definition) is 1. The van der Waals surface area contributed by atoms with Crippen LogP contribution in [0.25, 0.3) is 0 Å². The summed E-state index contributed by atoms with van der Waals surface area (Å²) < 4.78 is 5.57. The van der Waals surface area contributed by atoms with Crippen LogP contribution in [-0.4, -0.2) is 30.8 Å². The second-order valence-electron chi connectivity index (χ2n) is 4.37. The topological polar surface area (TPSA) is 34.1 Å². The third-order valence-corrected chi connectivity index (χ3v) is 4.03. The Bertz CT molecular complexity index is 325. The molecule has 16 heavy (non-hydrogen) atoms. The van der Waals surface area contributed by atoms with Gasteiger partial charge in [0, 0.05) is 36.1 Å². The van der Waals surface area contributed by atoms with Crippen molar-refractivity contribution < 1.29 is 4.74 Å². The minimum Gasteiger partial charge on any atom is -0.381 e. The van der Waals surface area contributed by atoms with E-state index in [4.69, 9.17) is 4.74 Å². The van der Waals surface area contributed by atoms with Crippen molar-refractivity contribution >= 4 is 11.3 Å². The molecule has 1 aliphatic rings. The fraction of sp³-hybridized carbons (Fsp3) is 0.750. The van der Waals surface area contributed by atoms with Gasteiger partial charge in [-0.2, -0.15) is 0 Å². The minimum atomic E-state index is 0.583. The lowest BCUT2D eigenvalue weighted by Gasteiger charge is -2.31. The average molecular weight is 240 g/mol. The highest BCUT2D eigenvalue weighted by Crippen LogP contribution is 2.21. The summed E-state index contributed by atoms with van der Waals surface area (Å²) in [5, 5.41) is 6.93. The van der Waals surface area contributed by atoms with E-state index in [1.165, 1.54) is 5.01 Å². The predicted molar refractivity (Wildman–Crippen MR) is 66.9 cm³/mol. The zero-order chi connectivity index (χ0) is 11.4. The van der Waals surface area contributed by atoms with Gasteiger partial charge in [0.1, 0.15) is 0 Å². The second kappa shape index (κ2) is 5.75. The van der Waals surface area contributed by atoms with Crippen LogP contribution in [0.4, 0.5) is 0 Å². The summed E-state index contributed by atoms with van der Waals surface area (Å²) in [6, 6.07) is 0.600. The van der Waals surface area contributed by atoms with Crippen LogP contribution in [0.1, 0.15) is 24.0 Å². The fourth-order valence-electron chi connectivity index (χ4n) is 2.25. The van der Waals surface area contributed by atoms with Crippen molar-refractivity contribution in [3.63, 3.8) is 0 Å². The molecule has 3 nitrogen and oxygen atoms in total. The molecule has 1 N–H and O–H groups in total. The Balaban J connectivity index is 1.95. The van der Waals surface area contributed by atoms with Gasteiger partial charge in [-0.25, -0.2) is 4.98 Å². The maximum absolute atomic E-state index is 5.57. The molecule has 2 atom stereocenters. The maximum atomic E-state index is 5.57. The Morgan fingerprint density at radius 2 is 2.50 bits per heavy atom. The van der Waals surface area contributed by atoms with Crippen LogP contribution in [0.5, 0.6) is 0 Å². The lowest BCUT2D eigenvalue weighted by Crippen LogP contribution is -2.43. The van der Waals surface area contributed by atoms with Crippen molar-refractivity contribution in [2.24, 2.45) is 5.92 Å². The van der Waals surface area contributed by atoms with Gasteiger partial charge in [0.25, 0.3) is 0 Å². The van der Waals surface area contributed by atoms with Gasteiger partial charge in [0.15, 0.2) is 0 Å². The molecule has 0 radical (unpaired) electrons. The number of nitrogens with zero attached hydrogens (tertiary/aromatic N) is 1. The van der Waals surface area contributed by atoms with Crippen LogP contribution in [0.2, 0.25) is 0 Å². The van der Waals surface area contributed by atoms with Crippen molar-refractivity contribution in [1.82, 2.24) is 10.3 Å². The van der Waals surface area contributed by atoms with E-state index in [0.29, 0.717) is 12.0 Å². The van der Waals surface area contributed by atoms with Crippen LogP contribution < -0.4 is 5.32 Å². The number of thiazole rings is 1. The molecule has 2 heterocycles. The second-order valence-corrected chi connectivity index (χ2v) is 5.32. The third-order valence-electron chi connectivity index (χ3n) is 3.04. The highest BCUT2D eigenvalue weighted by atomic mass is 32.1. The van der Waals surface area contributed by atoms with E-state index in [2.05, 4.69) is 29.5 Å². The summed E-state index contributed by atoms with van der Waals surface area (Å²) in [5.74, 6) is 0.583. The van der Waals surface area contributed by atoms with E-state index in [-0.39, 0.29) is 0 Å². The maximum Gasteiger partial charge on any atom is 0.0932 e. The van der Waals surface area contributed by atoms with Crippen molar-refractivity contribution in [1.29, 1.82) is 0 Å². The summed E-state index contributed by atoms with van der Waals surface area (Å²) in [4.78, 5) is 4.53. The van der Waals surface area contributed by atoms with E-state index >= 15 is 0 Å². The molecular weight excluding hydrogens is 220 g/mol. The first-order chi connectivity index (χ1) is 7.79. The first-order valence-corrected chi connectivity index (χ1v) is 6.89. The third kappa shape index (κ3) is 3.03. The highest BCUT2D eigenvalue weighted by Gasteiger charge is 2.25. The Morgan fingerprint density at radius 3 is 3.19 bits per heavy atom. The van der Waals surface area contributed by atoms with Gasteiger partial charge in [-0.3, -0.25) is 0 Å². The molecule has 4 heteroatoms. The molecule has 0 aliphatic carbocycles. The molecule has 1 fully saturated rings. The predicted octanol–water partition coefficient (Wildman–Crippen LogP) is 2.01. The summed E-state index contributed by atoms with van der Waals surface area (Å²) in [5.41, 5.74) is 1.14. The van der Waals surface area contributed by atoms with Crippen LogP contribution in [-0.2, 0) is 11.2 Å². The normalized spacial score (nSPS) is 25.9. The van der Waals surface area contributed by atoms with Gasteiger partial charge >= 0.3 is 0 Å². The Labute approximate surface area is 101 Å². The quantitative estimate of drug-likeness (QED) is 0.874. The van der Waals surface area contributed by atoms with Crippen LogP contribution >= 0.6 is 11.3 Å². The summed E-state index contributed by atoms with van der Waals surface area (Å²) in [7, 11) is 0. The van der Waals surface area contributed by atoms with Gasteiger partial charge in [-0.05, 0) is 19.9 Å². The SMILES string of the molecule is CCNC1CCOCC1Cc1nc(C)cs1. The molecule has 0 spiro atoms. The standard InChI is InChI=1S/C12H20N2OS/c1-3-13-11-4-5-15-7-10(11)6-12-14-9(2)8-16-12/h8,10-11,13H,3-7H2,1-2H3. The van der Waals surface area contributed by atoms with E-state index in [0.717, 1.165) is 38.3 Å². The van der Waals surface area contributed by atoms with Gasteiger partial charge in [0.05, 0.1) is 11.6 Å². The molecular formula is C12H20N2OS. The first-order valence-electron chi connectivity index (χ1n) is 6.01. The average Bonchev–Trinajstić information content (AvgIpc) is 2.67. The molecule has 0 aromatic carbocycles. The number of aryl methyl sites for hydroxylation is 1. The summed E-state index contributed by atoms with van der Waals surface area (Å²) in [6.07, 6.45) is 2.18. The van der Waals surface area contributed by atoms with Gasteiger partial charge < -0.3 is 10.1 Å². The van der Waals surface area contributed by atoms with Crippen LogP contribution in [0.15, 0.2) is 5.38 Å². The Hall–Kier alpha value is -0.450. The smallest absolute Gasteiger partial charge is 0.0932 e. The molecule has 0 amide bonds. The van der Waals surface area contributed by atoms with Crippen LogP contribution in [0.3, 0.4) is 0 Å². The number of rotatable bonds is 4. The van der Waals surface area contributed by atoms with Crippen molar-refractivity contribution in [2.75, 3.05) is 19.8 Å². The number of ether oxygens (including phenoxy) is 1. The molecule has 1 saturated heterocycles. The van der Waals surface area contributed by atoms with E-state index < -0.39 is 0 Å². The lowest BCUT2D eigenvalue weighted by molar-refractivity contribution is 0.0326. The Morgan fingerprint density at radius 1 is 1.62 bits per heavy atom.